The van der Waals surface area contributed by atoms with Crippen LogP contribution in [0.2, 0.25) is 0 Å². The third-order valence-electron chi connectivity index (χ3n) is 2.63. The number of hydrogen-bond acceptors (Lipinski definition) is 3. The van der Waals surface area contributed by atoms with E-state index in [4.69, 9.17) is 4.74 Å². The molecular formula is C11H20O3. The van der Waals surface area contributed by atoms with Crippen LogP contribution in [0.5, 0.6) is 0 Å². The summed E-state index contributed by atoms with van der Waals surface area (Å²) < 4.78 is 4.74. The first kappa shape index (κ1) is 13.1. The molecule has 0 atom stereocenters. The lowest BCUT2D eigenvalue weighted by atomic mass is 9.81. The summed E-state index contributed by atoms with van der Waals surface area (Å²) in [5, 5.41) is 0. The first-order valence-electron chi connectivity index (χ1n) is 5.07. The second kappa shape index (κ2) is 5.13. The van der Waals surface area contributed by atoms with Crippen LogP contribution >= 0.6 is 0 Å². The van der Waals surface area contributed by atoms with Crippen LogP contribution < -0.4 is 0 Å². The van der Waals surface area contributed by atoms with Crippen LogP contribution in [0.3, 0.4) is 0 Å². The monoisotopic (exact) mass is 200 g/mol. The maximum absolute atomic E-state index is 11.5. The van der Waals surface area contributed by atoms with Crippen LogP contribution in [0.1, 0.15) is 47.5 Å². The summed E-state index contributed by atoms with van der Waals surface area (Å²) >= 11 is 0. The predicted molar refractivity (Wildman–Crippen MR) is 54.6 cm³/mol. The topological polar surface area (TPSA) is 43.4 Å². The minimum absolute atomic E-state index is 0.157. The van der Waals surface area contributed by atoms with E-state index in [1.54, 1.807) is 13.8 Å². The molecule has 0 unspecified atom stereocenters. The van der Waals surface area contributed by atoms with Crippen LogP contribution in [0, 0.1) is 11.3 Å². The smallest absolute Gasteiger partial charge is 0.319 e. The van der Waals surface area contributed by atoms with Gasteiger partial charge in [0.15, 0.2) is 0 Å². The van der Waals surface area contributed by atoms with Gasteiger partial charge < -0.3 is 4.74 Å². The molecule has 0 N–H and O–H groups in total. The van der Waals surface area contributed by atoms with Crippen LogP contribution in [-0.4, -0.2) is 11.9 Å². The van der Waals surface area contributed by atoms with Gasteiger partial charge in [-0.15, -0.1) is 0 Å². The van der Waals surface area contributed by atoms with Crippen LogP contribution in [0.15, 0.2) is 0 Å². The zero-order chi connectivity index (χ0) is 11.4. The van der Waals surface area contributed by atoms with E-state index < -0.39 is 17.4 Å². The summed E-state index contributed by atoms with van der Waals surface area (Å²) in [6.07, 6.45) is 1.01. The van der Waals surface area contributed by atoms with Gasteiger partial charge in [0.05, 0.1) is 5.41 Å². The molecule has 0 saturated carbocycles. The van der Waals surface area contributed by atoms with Crippen LogP contribution in [0.4, 0.5) is 0 Å². The Kier molecular flexibility index (Phi) is 4.81. The minimum atomic E-state index is -0.594. The van der Waals surface area contributed by atoms with Crippen LogP contribution in [0.25, 0.3) is 0 Å². The van der Waals surface area contributed by atoms with Crippen molar-refractivity contribution < 1.29 is 14.3 Å². The molecule has 3 nitrogen and oxygen atoms in total. The Bertz CT molecular complexity index is 217. The molecule has 0 aliphatic rings. The molecular weight excluding hydrogens is 180 g/mol. The van der Waals surface area contributed by atoms with Crippen molar-refractivity contribution in [3.63, 3.8) is 0 Å². The fourth-order valence-electron chi connectivity index (χ4n) is 0.726. The molecule has 0 aliphatic carbocycles. The lowest BCUT2D eigenvalue weighted by Crippen LogP contribution is -2.33. The van der Waals surface area contributed by atoms with Crippen molar-refractivity contribution in [1.82, 2.24) is 0 Å². The van der Waals surface area contributed by atoms with E-state index in [1.807, 2.05) is 20.8 Å². The van der Waals surface area contributed by atoms with Gasteiger partial charge in [-0.1, -0.05) is 20.8 Å². The van der Waals surface area contributed by atoms with Gasteiger partial charge >= 0.3 is 11.9 Å². The Morgan fingerprint density at radius 1 is 1.29 bits per heavy atom. The average molecular weight is 200 g/mol. The van der Waals surface area contributed by atoms with Crippen molar-refractivity contribution in [1.29, 1.82) is 0 Å². The van der Waals surface area contributed by atoms with Gasteiger partial charge in [-0.05, 0) is 26.2 Å². The SMILES string of the molecule is CCCC(=O)OC(=O)C(C)(C)C(C)C. The molecule has 0 aromatic rings. The molecule has 3 heteroatoms. The normalized spacial score (nSPS) is 11.6. The van der Waals surface area contributed by atoms with E-state index in [-0.39, 0.29) is 5.92 Å². The Balaban J connectivity index is 4.27. The molecule has 0 bridgehead atoms. The van der Waals surface area contributed by atoms with E-state index in [2.05, 4.69) is 0 Å². The van der Waals surface area contributed by atoms with Gasteiger partial charge in [0.2, 0.25) is 0 Å². The lowest BCUT2D eigenvalue weighted by Gasteiger charge is -2.25. The molecule has 82 valence electrons. The average Bonchev–Trinajstić information content (AvgIpc) is 2.03. The standard InChI is InChI=1S/C11H20O3/c1-6-7-9(12)14-10(13)11(4,5)8(2)3/h8H,6-7H2,1-5H3. The number of esters is 2. The molecule has 0 aromatic carbocycles. The molecule has 0 fully saturated rings. The second-order valence-electron chi connectivity index (χ2n) is 4.39. The van der Waals surface area contributed by atoms with Crippen molar-refractivity contribution >= 4 is 11.9 Å². The highest BCUT2D eigenvalue weighted by Crippen LogP contribution is 2.27. The van der Waals surface area contributed by atoms with Crippen molar-refractivity contribution in [2.45, 2.75) is 47.5 Å². The minimum Gasteiger partial charge on any atom is -0.393 e. The zero-order valence-electron chi connectivity index (χ0n) is 9.72. The summed E-state index contributed by atoms with van der Waals surface area (Å²) in [6, 6.07) is 0. The van der Waals surface area contributed by atoms with Crippen molar-refractivity contribution in [3.05, 3.63) is 0 Å². The van der Waals surface area contributed by atoms with Crippen LogP contribution in [-0.2, 0) is 14.3 Å². The lowest BCUT2D eigenvalue weighted by molar-refractivity contribution is -0.167. The maximum Gasteiger partial charge on any atom is 0.319 e. The van der Waals surface area contributed by atoms with E-state index in [1.165, 1.54) is 0 Å². The Hall–Kier alpha value is -0.860. The van der Waals surface area contributed by atoms with Gasteiger partial charge in [0, 0.05) is 6.42 Å². The third kappa shape index (κ3) is 3.48. The van der Waals surface area contributed by atoms with Gasteiger partial charge in [-0.2, -0.15) is 0 Å². The molecule has 14 heavy (non-hydrogen) atoms. The summed E-state index contributed by atoms with van der Waals surface area (Å²) in [7, 11) is 0. The first-order chi connectivity index (χ1) is 6.32. The van der Waals surface area contributed by atoms with Crippen molar-refractivity contribution in [2.24, 2.45) is 11.3 Å². The highest BCUT2D eigenvalue weighted by atomic mass is 16.6. The number of carbonyl (C=O) groups is 2. The molecule has 0 amide bonds. The van der Waals surface area contributed by atoms with Crippen molar-refractivity contribution in [3.8, 4) is 0 Å². The molecule has 0 rings (SSSR count). The second-order valence-corrected chi connectivity index (χ2v) is 4.39. The summed E-state index contributed by atoms with van der Waals surface area (Å²) in [6.45, 7) is 9.33. The fourth-order valence-corrected chi connectivity index (χ4v) is 0.726. The molecule has 0 aliphatic heterocycles. The first-order valence-corrected chi connectivity index (χ1v) is 5.07. The quantitative estimate of drug-likeness (QED) is 0.517. The zero-order valence-corrected chi connectivity index (χ0v) is 9.72. The Morgan fingerprint density at radius 2 is 1.79 bits per heavy atom. The molecule has 0 saturated heterocycles. The van der Waals surface area contributed by atoms with Gasteiger partial charge in [-0.3, -0.25) is 9.59 Å². The number of hydrogen-bond donors (Lipinski definition) is 0. The van der Waals surface area contributed by atoms with Gasteiger partial charge in [0.25, 0.3) is 0 Å². The highest BCUT2D eigenvalue weighted by molar-refractivity contribution is 5.88. The van der Waals surface area contributed by atoms with E-state index in [9.17, 15) is 9.59 Å². The Morgan fingerprint density at radius 3 is 2.14 bits per heavy atom. The fraction of sp³-hybridized carbons (Fsp3) is 0.818. The largest absolute Gasteiger partial charge is 0.393 e. The third-order valence-corrected chi connectivity index (χ3v) is 2.63. The maximum atomic E-state index is 11.5. The molecule has 0 heterocycles. The highest BCUT2D eigenvalue weighted by Gasteiger charge is 2.34. The summed E-state index contributed by atoms with van der Waals surface area (Å²) in [5.74, 6) is -0.693. The number of rotatable bonds is 4. The molecule has 0 aromatic heterocycles. The molecule has 0 radical (unpaired) electrons. The molecule has 0 spiro atoms. The predicted octanol–water partition coefficient (Wildman–Crippen LogP) is 2.54. The summed E-state index contributed by atoms with van der Waals surface area (Å²) in [5.41, 5.74) is -0.594. The number of ether oxygens (including phenoxy) is 1. The Labute approximate surface area is 85.8 Å². The van der Waals surface area contributed by atoms with Gasteiger partial charge in [-0.25, -0.2) is 0 Å². The van der Waals surface area contributed by atoms with E-state index >= 15 is 0 Å². The van der Waals surface area contributed by atoms with Crippen molar-refractivity contribution in [2.75, 3.05) is 0 Å². The van der Waals surface area contributed by atoms with E-state index in [0.717, 1.165) is 0 Å². The van der Waals surface area contributed by atoms with E-state index in [0.29, 0.717) is 12.8 Å². The summed E-state index contributed by atoms with van der Waals surface area (Å²) in [4.78, 5) is 22.6. The van der Waals surface area contributed by atoms with Gasteiger partial charge in [0.1, 0.15) is 0 Å². The number of carbonyl (C=O) groups excluding carboxylic acids is 2.